The average Bonchev–Trinajstić information content (AvgIpc) is 2.41. The fraction of sp³-hybridized carbons (Fsp3) is 0.786. The van der Waals surface area contributed by atoms with Crippen LogP contribution in [-0.4, -0.2) is 45.7 Å². The number of ether oxygens (including phenoxy) is 3. The molecule has 0 aliphatic heterocycles. The lowest BCUT2D eigenvalue weighted by atomic mass is 10.4. The Labute approximate surface area is 116 Å². The van der Waals surface area contributed by atoms with Crippen molar-refractivity contribution in [2.24, 2.45) is 0 Å². The summed E-state index contributed by atoms with van der Waals surface area (Å²) in [5, 5.41) is 2.67. The summed E-state index contributed by atoms with van der Waals surface area (Å²) in [5.41, 5.74) is 0. The number of terminal acetylenes is 1. The van der Waals surface area contributed by atoms with Crippen LogP contribution < -0.4 is 5.32 Å². The van der Waals surface area contributed by atoms with Crippen LogP contribution in [-0.2, 0) is 14.2 Å². The highest BCUT2D eigenvalue weighted by atomic mass is 16.5. The minimum atomic E-state index is -0.351. The molecule has 1 amide bonds. The number of hydrogen-bond acceptors (Lipinski definition) is 4. The lowest BCUT2D eigenvalue weighted by molar-refractivity contribution is 0.0926. The molecule has 5 nitrogen and oxygen atoms in total. The zero-order chi connectivity index (χ0) is 14.2. The Kier molecular flexibility index (Phi) is 13.8. The minimum Gasteiger partial charge on any atom is -0.450 e. The summed E-state index contributed by atoms with van der Waals surface area (Å²) < 4.78 is 15.4. The molecule has 0 radical (unpaired) electrons. The predicted molar refractivity (Wildman–Crippen MR) is 74.0 cm³/mol. The van der Waals surface area contributed by atoms with Gasteiger partial charge in [0.15, 0.2) is 0 Å². The Morgan fingerprint density at radius 2 is 1.84 bits per heavy atom. The first-order valence-electron chi connectivity index (χ1n) is 6.80. The van der Waals surface area contributed by atoms with Crippen molar-refractivity contribution in [1.82, 2.24) is 5.32 Å². The molecular weight excluding hydrogens is 246 g/mol. The summed E-state index contributed by atoms with van der Waals surface area (Å²) in [4.78, 5) is 11.1. The molecule has 0 heterocycles. The van der Waals surface area contributed by atoms with Gasteiger partial charge in [0, 0.05) is 19.8 Å². The lowest BCUT2D eigenvalue weighted by Gasteiger charge is -2.07. The average molecular weight is 271 g/mol. The fourth-order valence-electron chi connectivity index (χ4n) is 1.22. The molecule has 0 aliphatic carbocycles. The lowest BCUT2D eigenvalue weighted by Crippen LogP contribution is -2.26. The van der Waals surface area contributed by atoms with E-state index < -0.39 is 0 Å². The SMILES string of the molecule is C#CCOCCCOCCCNC(=O)OCCCC. The van der Waals surface area contributed by atoms with Crippen molar-refractivity contribution in [2.45, 2.75) is 32.6 Å². The quantitative estimate of drug-likeness (QED) is 0.435. The van der Waals surface area contributed by atoms with Crippen molar-refractivity contribution >= 4 is 6.09 Å². The van der Waals surface area contributed by atoms with Crippen LogP contribution in [0, 0.1) is 12.3 Å². The molecule has 5 heteroatoms. The summed E-state index contributed by atoms with van der Waals surface area (Å²) in [6, 6.07) is 0. The third-order valence-corrected chi connectivity index (χ3v) is 2.23. The predicted octanol–water partition coefficient (Wildman–Crippen LogP) is 1.96. The van der Waals surface area contributed by atoms with Crippen molar-refractivity contribution in [2.75, 3.05) is 39.6 Å². The summed E-state index contributed by atoms with van der Waals surface area (Å²) in [7, 11) is 0. The standard InChI is InChI=1S/C14H25NO4/c1-3-5-13-19-14(16)15-8-6-10-18-12-7-11-17-9-4-2/h2H,3,5-13H2,1H3,(H,15,16). The van der Waals surface area contributed by atoms with E-state index in [1.54, 1.807) is 0 Å². The maximum absolute atomic E-state index is 11.1. The van der Waals surface area contributed by atoms with Crippen LogP contribution in [0.4, 0.5) is 4.79 Å². The van der Waals surface area contributed by atoms with Gasteiger partial charge in [0.1, 0.15) is 6.61 Å². The fourth-order valence-corrected chi connectivity index (χ4v) is 1.22. The third kappa shape index (κ3) is 14.7. The molecule has 0 aliphatic rings. The van der Waals surface area contributed by atoms with E-state index in [4.69, 9.17) is 20.6 Å². The molecule has 0 aromatic carbocycles. The van der Waals surface area contributed by atoms with Crippen molar-refractivity contribution in [3.05, 3.63) is 0 Å². The van der Waals surface area contributed by atoms with Crippen LogP contribution in [0.3, 0.4) is 0 Å². The van der Waals surface area contributed by atoms with Crippen LogP contribution in [0.2, 0.25) is 0 Å². The molecule has 0 unspecified atom stereocenters. The second-order valence-electron chi connectivity index (χ2n) is 3.99. The molecule has 0 aromatic rings. The van der Waals surface area contributed by atoms with Gasteiger partial charge in [-0.15, -0.1) is 6.42 Å². The molecule has 19 heavy (non-hydrogen) atoms. The Morgan fingerprint density at radius 3 is 2.58 bits per heavy atom. The molecule has 0 rings (SSSR count). The van der Waals surface area contributed by atoms with E-state index in [1.807, 2.05) is 0 Å². The Bertz CT molecular complexity index is 250. The van der Waals surface area contributed by atoms with E-state index in [-0.39, 0.29) is 6.09 Å². The number of carbonyl (C=O) groups excluding carboxylic acids is 1. The van der Waals surface area contributed by atoms with Gasteiger partial charge in [0.25, 0.3) is 0 Å². The molecule has 0 spiro atoms. The van der Waals surface area contributed by atoms with Crippen molar-refractivity contribution < 1.29 is 19.0 Å². The molecule has 0 atom stereocenters. The monoisotopic (exact) mass is 271 g/mol. The van der Waals surface area contributed by atoms with Gasteiger partial charge in [-0.05, 0) is 19.3 Å². The van der Waals surface area contributed by atoms with Crippen LogP contribution in [0.5, 0.6) is 0 Å². The van der Waals surface area contributed by atoms with Crippen molar-refractivity contribution in [3.8, 4) is 12.3 Å². The zero-order valence-electron chi connectivity index (χ0n) is 11.8. The van der Waals surface area contributed by atoms with Crippen LogP contribution >= 0.6 is 0 Å². The van der Waals surface area contributed by atoms with Crippen molar-refractivity contribution in [1.29, 1.82) is 0 Å². The van der Waals surface area contributed by atoms with Gasteiger partial charge in [0.2, 0.25) is 0 Å². The number of rotatable bonds is 12. The summed E-state index contributed by atoms with van der Waals surface area (Å²) in [5.74, 6) is 2.40. The van der Waals surface area contributed by atoms with E-state index in [0.717, 1.165) is 25.7 Å². The summed E-state index contributed by atoms with van der Waals surface area (Å²) in [6.07, 6.45) is 8.21. The Balaban J connectivity index is 3.10. The number of alkyl carbamates (subject to hydrolysis) is 1. The molecule has 0 bridgehead atoms. The van der Waals surface area contributed by atoms with E-state index >= 15 is 0 Å². The van der Waals surface area contributed by atoms with Gasteiger partial charge in [-0.2, -0.15) is 0 Å². The second-order valence-corrected chi connectivity index (χ2v) is 3.99. The van der Waals surface area contributed by atoms with Crippen LogP contribution in [0.15, 0.2) is 0 Å². The smallest absolute Gasteiger partial charge is 0.407 e. The molecule has 0 saturated carbocycles. The van der Waals surface area contributed by atoms with Gasteiger partial charge in [-0.3, -0.25) is 0 Å². The molecular formula is C14H25NO4. The maximum Gasteiger partial charge on any atom is 0.407 e. The second kappa shape index (κ2) is 14.8. The highest BCUT2D eigenvalue weighted by molar-refractivity contribution is 5.66. The topological polar surface area (TPSA) is 56.8 Å². The van der Waals surface area contributed by atoms with Crippen LogP contribution in [0.25, 0.3) is 0 Å². The summed E-state index contributed by atoms with van der Waals surface area (Å²) in [6.45, 7) is 5.33. The normalized spacial score (nSPS) is 9.89. The number of unbranched alkanes of at least 4 members (excludes halogenated alkanes) is 1. The highest BCUT2D eigenvalue weighted by Gasteiger charge is 1.99. The number of amides is 1. The van der Waals surface area contributed by atoms with Crippen LogP contribution in [0.1, 0.15) is 32.6 Å². The van der Waals surface area contributed by atoms with Gasteiger partial charge in [0.05, 0.1) is 13.2 Å². The Morgan fingerprint density at radius 1 is 1.11 bits per heavy atom. The maximum atomic E-state index is 11.1. The van der Waals surface area contributed by atoms with Gasteiger partial charge >= 0.3 is 6.09 Å². The zero-order valence-corrected chi connectivity index (χ0v) is 11.8. The van der Waals surface area contributed by atoms with E-state index in [0.29, 0.717) is 39.6 Å². The Hall–Kier alpha value is -1.25. The van der Waals surface area contributed by atoms with E-state index in [1.165, 1.54) is 0 Å². The number of carbonyl (C=O) groups is 1. The minimum absolute atomic E-state index is 0.351. The van der Waals surface area contributed by atoms with Gasteiger partial charge in [-0.1, -0.05) is 19.3 Å². The number of nitrogens with one attached hydrogen (secondary N) is 1. The van der Waals surface area contributed by atoms with Crippen molar-refractivity contribution in [3.63, 3.8) is 0 Å². The first kappa shape index (κ1) is 17.8. The molecule has 110 valence electrons. The number of hydrogen-bond donors (Lipinski definition) is 1. The largest absolute Gasteiger partial charge is 0.450 e. The van der Waals surface area contributed by atoms with E-state index in [9.17, 15) is 4.79 Å². The third-order valence-electron chi connectivity index (χ3n) is 2.23. The molecule has 0 saturated heterocycles. The molecule has 1 N–H and O–H groups in total. The van der Waals surface area contributed by atoms with Gasteiger partial charge < -0.3 is 19.5 Å². The molecule has 0 aromatic heterocycles. The van der Waals surface area contributed by atoms with Gasteiger partial charge in [-0.25, -0.2) is 4.79 Å². The first-order chi connectivity index (χ1) is 9.31. The summed E-state index contributed by atoms with van der Waals surface area (Å²) >= 11 is 0. The molecule has 0 fully saturated rings. The van der Waals surface area contributed by atoms with E-state index in [2.05, 4.69) is 18.2 Å². The highest BCUT2D eigenvalue weighted by Crippen LogP contribution is 1.90. The first-order valence-corrected chi connectivity index (χ1v) is 6.80.